The topological polar surface area (TPSA) is 91.4 Å². The van der Waals surface area contributed by atoms with Crippen molar-refractivity contribution in [2.75, 3.05) is 48.8 Å². The number of nitrogens with zero attached hydrogens (tertiary/aromatic N) is 3. The molecule has 0 aliphatic carbocycles. The van der Waals surface area contributed by atoms with Crippen molar-refractivity contribution >= 4 is 40.5 Å². The number of hydrogen-bond acceptors (Lipinski definition) is 7. The fourth-order valence-electron chi connectivity index (χ4n) is 4.96. The minimum atomic E-state index is -0.568. The van der Waals surface area contributed by atoms with Crippen LogP contribution in [0.15, 0.2) is 42.6 Å². The molecule has 0 saturated carbocycles. The van der Waals surface area contributed by atoms with Crippen molar-refractivity contribution in [1.29, 1.82) is 0 Å². The summed E-state index contributed by atoms with van der Waals surface area (Å²) < 4.78 is 5.66. The van der Waals surface area contributed by atoms with Crippen LogP contribution in [-0.4, -0.2) is 49.2 Å². The predicted molar refractivity (Wildman–Crippen MR) is 144 cm³/mol. The fourth-order valence-corrected chi connectivity index (χ4v) is 5.14. The second-order valence-electron chi connectivity index (χ2n) is 9.65. The number of rotatable bonds is 7. The van der Waals surface area contributed by atoms with Gasteiger partial charge in [-0.25, -0.2) is 9.97 Å². The summed E-state index contributed by atoms with van der Waals surface area (Å²) in [5.41, 5.74) is 5.15. The van der Waals surface area contributed by atoms with Crippen LogP contribution in [0.3, 0.4) is 0 Å². The van der Waals surface area contributed by atoms with E-state index in [1.807, 2.05) is 38.1 Å². The number of benzene rings is 2. The Hall–Kier alpha value is -3.36. The van der Waals surface area contributed by atoms with E-state index in [1.165, 1.54) is 0 Å². The molecular formula is C27H31ClN6O2. The van der Waals surface area contributed by atoms with Crippen LogP contribution in [0.2, 0.25) is 5.02 Å². The van der Waals surface area contributed by atoms with Crippen molar-refractivity contribution in [3.8, 4) is 5.75 Å². The van der Waals surface area contributed by atoms with Crippen LogP contribution in [0.5, 0.6) is 5.75 Å². The van der Waals surface area contributed by atoms with E-state index >= 15 is 0 Å². The number of ether oxygens (including phenoxy) is 1. The highest BCUT2D eigenvalue weighted by molar-refractivity contribution is 6.31. The molecule has 2 aromatic carbocycles. The number of hydrogen-bond donors (Lipinski definition) is 3. The maximum absolute atomic E-state index is 12.4. The minimum absolute atomic E-state index is 0.0217. The average Bonchev–Trinajstić information content (AvgIpc) is 3.13. The van der Waals surface area contributed by atoms with E-state index < -0.39 is 5.41 Å². The lowest BCUT2D eigenvalue weighted by Crippen LogP contribution is -2.43. The molecule has 36 heavy (non-hydrogen) atoms. The first-order valence-corrected chi connectivity index (χ1v) is 12.6. The predicted octanol–water partition coefficient (Wildman–Crippen LogP) is 4.31. The van der Waals surface area contributed by atoms with Crippen LogP contribution in [0.4, 0.5) is 23.0 Å². The van der Waals surface area contributed by atoms with Gasteiger partial charge in [-0.05, 0) is 56.0 Å². The maximum atomic E-state index is 12.4. The second kappa shape index (κ2) is 9.95. The summed E-state index contributed by atoms with van der Waals surface area (Å²) in [6.45, 7) is 7.78. The van der Waals surface area contributed by atoms with E-state index in [9.17, 15) is 4.79 Å². The Bertz CT molecular complexity index is 1290. The molecule has 3 heterocycles. The van der Waals surface area contributed by atoms with Gasteiger partial charge in [0.15, 0.2) is 0 Å². The zero-order valence-corrected chi connectivity index (χ0v) is 21.6. The smallest absolute Gasteiger partial charge is 0.234 e. The molecule has 2 aliphatic heterocycles. The van der Waals surface area contributed by atoms with Crippen LogP contribution in [-0.2, 0) is 23.1 Å². The Kier molecular flexibility index (Phi) is 6.73. The number of amides is 1. The minimum Gasteiger partial charge on any atom is -0.494 e. The van der Waals surface area contributed by atoms with Gasteiger partial charge >= 0.3 is 0 Å². The van der Waals surface area contributed by atoms with E-state index in [0.29, 0.717) is 23.8 Å². The van der Waals surface area contributed by atoms with Gasteiger partial charge in [-0.15, -0.1) is 0 Å². The molecule has 0 unspecified atom stereocenters. The molecule has 1 fully saturated rings. The van der Waals surface area contributed by atoms with Crippen molar-refractivity contribution in [3.05, 3.63) is 64.4 Å². The molecule has 1 saturated heterocycles. The summed E-state index contributed by atoms with van der Waals surface area (Å²) in [5.74, 6) is 1.21. The van der Waals surface area contributed by atoms with Gasteiger partial charge in [0, 0.05) is 43.6 Å². The third-order valence-electron chi connectivity index (χ3n) is 6.95. The van der Waals surface area contributed by atoms with Gasteiger partial charge in [0.1, 0.15) is 5.75 Å². The molecule has 0 atom stereocenters. The number of piperazine rings is 1. The lowest BCUT2D eigenvalue weighted by atomic mass is 9.82. The van der Waals surface area contributed by atoms with E-state index in [1.54, 1.807) is 13.3 Å². The normalized spacial score (nSPS) is 16.4. The number of fused-ring (bicyclic) bond motifs is 1. The zero-order valence-electron chi connectivity index (χ0n) is 20.8. The molecule has 3 aromatic rings. The van der Waals surface area contributed by atoms with Gasteiger partial charge < -0.3 is 25.6 Å². The summed E-state index contributed by atoms with van der Waals surface area (Å²) in [4.78, 5) is 23.9. The number of halogens is 1. The van der Waals surface area contributed by atoms with Gasteiger partial charge in [0.2, 0.25) is 11.9 Å². The number of carbonyl (C=O) groups excluding carboxylic acids is 1. The summed E-state index contributed by atoms with van der Waals surface area (Å²) in [6.07, 6.45) is 2.95. The number of methoxy groups -OCH3 is 1. The molecule has 2 aliphatic rings. The Balaban J connectivity index is 1.34. The molecule has 3 N–H and O–H groups in total. The van der Waals surface area contributed by atoms with Gasteiger partial charge in [-0.3, -0.25) is 4.79 Å². The monoisotopic (exact) mass is 506 g/mol. The van der Waals surface area contributed by atoms with Crippen LogP contribution in [0.1, 0.15) is 30.7 Å². The van der Waals surface area contributed by atoms with Crippen molar-refractivity contribution in [2.45, 2.75) is 32.1 Å². The van der Waals surface area contributed by atoms with Crippen molar-refractivity contribution in [1.82, 2.24) is 15.3 Å². The standard InChI is InChI=1S/C27H31ClN6O2/c1-27(2)24-17(5-4-6-22(24)31-25(27)35)7-9-20-19(28)16-30-26(32-20)33-21-10-8-18(15-23(21)36-3)34-13-11-29-12-14-34/h4-6,8,10,15-16,29H,7,9,11-14H2,1-3H3,(H,31,35)(H,30,32,33). The molecule has 0 spiro atoms. The molecule has 5 rings (SSSR count). The van der Waals surface area contributed by atoms with Gasteiger partial charge in [0.25, 0.3) is 0 Å². The van der Waals surface area contributed by atoms with E-state index in [4.69, 9.17) is 21.3 Å². The van der Waals surface area contributed by atoms with Crippen molar-refractivity contribution < 1.29 is 9.53 Å². The largest absolute Gasteiger partial charge is 0.494 e. The number of aromatic nitrogens is 2. The molecule has 8 nitrogen and oxygen atoms in total. The summed E-state index contributed by atoms with van der Waals surface area (Å²) >= 11 is 6.47. The summed E-state index contributed by atoms with van der Waals surface area (Å²) in [5, 5.41) is 10.2. The second-order valence-corrected chi connectivity index (χ2v) is 10.1. The molecule has 9 heteroatoms. The summed E-state index contributed by atoms with van der Waals surface area (Å²) in [6, 6.07) is 12.1. The zero-order chi connectivity index (χ0) is 25.3. The van der Waals surface area contributed by atoms with Crippen LogP contribution < -0.4 is 25.6 Å². The lowest BCUT2D eigenvalue weighted by Gasteiger charge is -2.30. The Morgan fingerprint density at radius 2 is 1.97 bits per heavy atom. The van der Waals surface area contributed by atoms with Crippen LogP contribution in [0, 0.1) is 0 Å². The number of nitrogens with one attached hydrogen (secondary N) is 3. The number of aryl methyl sites for hydroxylation is 2. The van der Waals surface area contributed by atoms with E-state index in [2.05, 4.69) is 38.0 Å². The fraction of sp³-hybridized carbons (Fsp3) is 0.370. The molecule has 1 aromatic heterocycles. The lowest BCUT2D eigenvalue weighted by molar-refractivity contribution is -0.119. The Labute approximate surface area is 216 Å². The van der Waals surface area contributed by atoms with Crippen LogP contribution >= 0.6 is 11.6 Å². The van der Waals surface area contributed by atoms with Crippen molar-refractivity contribution in [2.24, 2.45) is 0 Å². The quantitative estimate of drug-likeness (QED) is 0.440. The third kappa shape index (κ3) is 4.70. The highest BCUT2D eigenvalue weighted by Gasteiger charge is 2.39. The molecular weight excluding hydrogens is 476 g/mol. The van der Waals surface area contributed by atoms with E-state index in [0.717, 1.165) is 65.8 Å². The number of carbonyl (C=O) groups is 1. The molecule has 0 bridgehead atoms. The average molecular weight is 507 g/mol. The van der Waals surface area contributed by atoms with E-state index in [-0.39, 0.29) is 5.91 Å². The van der Waals surface area contributed by atoms with Gasteiger partial charge in [-0.2, -0.15) is 0 Å². The Morgan fingerprint density at radius 3 is 2.75 bits per heavy atom. The maximum Gasteiger partial charge on any atom is 0.234 e. The Morgan fingerprint density at radius 1 is 1.17 bits per heavy atom. The molecule has 1 amide bonds. The first-order chi connectivity index (χ1) is 17.4. The molecule has 188 valence electrons. The SMILES string of the molecule is COc1cc(N2CCNCC2)ccc1Nc1ncc(Cl)c(CCc2cccc3c2C(C)(C)C(=O)N3)n1. The van der Waals surface area contributed by atoms with Gasteiger partial charge in [0.05, 0.1) is 35.1 Å². The summed E-state index contributed by atoms with van der Waals surface area (Å²) in [7, 11) is 1.66. The molecule has 0 radical (unpaired) electrons. The highest BCUT2D eigenvalue weighted by Crippen LogP contribution is 2.40. The number of anilines is 4. The first kappa shape index (κ1) is 24.3. The third-order valence-corrected chi connectivity index (χ3v) is 7.27. The highest BCUT2D eigenvalue weighted by atomic mass is 35.5. The van der Waals surface area contributed by atoms with Crippen molar-refractivity contribution in [3.63, 3.8) is 0 Å². The van der Waals surface area contributed by atoms with Crippen LogP contribution in [0.25, 0.3) is 0 Å². The first-order valence-electron chi connectivity index (χ1n) is 12.2. The van der Waals surface area contributed by atoms with Gasteiger partial charge in [-0.1, -0.05) is 23.7 Å².